The van der Waals surface area contributed by atoms with Crippen LogP contribution in [0.4, 0.5) is 5.82 Å². The van der Waals surface area contributed by atoms with Gasteiger partial charge in [0.25, 0.3) is 0 Å². The van der Waals surface area contributed by atoms with Crippen LogP contribution in [0, 0.1) is 0 Å². The third kappa shape index (κ3) is 4.42. The summed E-state index contributed by atoms with van der Waals surface area (Å²) >= 11 is 0. The standard InChI is InChI=1S/C22H28N6O3/c23-19-18-20(26-21(25-19)31-14-17-7-4-10-30-17)28(22(29)24-18)13-16-6-3-5-15(11-16)12-27-8-1-2-9-27/h3,5-6,11,17H,1-2,4,7-10,12-14H2,(H,24,29)(H2,23,25,26). The number of ether oxygens (including phenoxy) is 2. The predicted molar refractivity (Wildman–Crippen MR) is 117 cm³/mol. The number of anilines is 1. The van der Waals surface area contributed by atoms with Crippen LogP contribution in [0.1, 0.15) is 36.8 Å². The zero-order chi connectivity index (χ0) is 21.2. The van der Waals surface area contributed by atoms with Gasteiger partial charge in [0.2, 0.25) is 0 Å². The van der Waals surface area contributed by atoms with E-state index in [0.717, 1.165) is 44.6 Å². The zero-order valence-electron chi connectivity index (χ0n) is 17.5. The Morgan fingerprint density at radius 3 is 2.74 bits per heavy atom. The predicted octanol–water partition coefficient (Wildman–Crippen LogP) is 1.90. The maximum absolute atomic E-state index is 12.7. The van der Waals surface area contributed by atoms with Gasteiger partial charge in [0.05, 0.1) is 12.6 Å². The number of nitrogen functional groups attached to an aromatic ring is 1. The van der Waals surface area contributed by atoms with Crippen LogP contribution in [0.2, 0.25) is 0 Å². The fourth-order valence-electron chi connectivity index (χ4n) is 4.39. The summed E-state index contributed by atoms with van der Waals surface area (Å²) < 4.78 is 12.9. The average Bonchev–Trinajstić information content (AvgIpc) is 3.51. The normalized spacial score (nSPS) is 19.4. The number of aromatic amines is 1. The first-order valence-corrected chi connectivity index (χ1v) is 11.0. The van der Waals surface area contributed by atoms with Gasteiger partial charge in [0, 0.05) is 13.2 Å². The van der Waals surface area contributed by atoms with Crippen molar-refractivity contribution in [2.45, 2.75) is 44.9 Å². The minimum absolute atomic E-state index is 0.0484. The van der Waals surface area contributed by atoms with Gasteiger partial charge in [0.1, 0.15) is 12.1 Å². The van der Waals surface area contributed by atoms with Gasteiger partial charge in [-0.3, -0.25) is 9.47 Å². The average molecular weight is 425 g/mol. The largest absolute Gasteiger partial charge is 0.461 e. The molecule has 2 aliphatic heterocycles. The quantitative estimate of drug-likeness (QED) is 0.596. The first-order chi connectivity index (χ1) is 15.2. The summed E-state index contributed by atoms with van der Waals surface area (Å²) in [4.78, 5) is 26.6. The van der Waals surface area contributed by atoms with E-state index < -0.39 is 0 Å². The number of nitrogens with one attached hydrogen (secondary N) is 1. The smallest absolute Gasteiger partial charge is 0.328 e. The number of hydrogen-bond acceptors (Lipinski definition) is 7. The Morgan fingerprint density at radius 2 is 1.97 bits per heavy atom. The number of likely N-dealkylation sites (tertiary alicyclic amines) is 1. The monoisotopic (exact) mass is 424 g/mol. The van der Waals surface area contributed by atoms with Gasteiger partial charge < -0.3 is 20.2 Å². The number of imidazole rings is 1. The third-order valence-corrected chi connectivity index (χ3v) is 5.99. The molecular weight excluding hydrogens is 396 g/mol. The van der Waals surface area contributed by atoms with Crippen molar-refractivity contribution in [3.63, 3.8) is 0 Å². The minimum atomic E-state index is -0.266. The van der Waals surface area contributed by atoms with Crippen molar-refractivity contribution in [3.8, 4) is 6.01 Å². The lowest BCUT2D eigenvalue weighted by Gasteiger charge is -2.15. The Balaban J connectivity index is 1.38. The molecule has 0 saturated carbocycles. The topological polar surface area (TPSA) is 111 Å². The molecule has 1 atom stereocenters. The molecule has 0 spiro atoms. The number of rotatable bonds is 7. The molecule has 2 aromatic heterocycles. The maximum atomic E-state index is 12.7. The minimum Gasteiger partial charge on any atom is -0.461 e. The van der Waals surface area contributed by atoms with Gasteiger partial charge in [-0.15, -0.1) is 0 Å². The van der Waals surface area contributed by atoms with E-state index in [9.17, 15) is 4.79 Å². The first-order valence-electron chi connectivity index (χ1n) is 11.0. The van der Waals surface area contributed by atoms with Crippen molar-refractivity contribution in [1.29, 1.82) is 0 Å². The Bertz CT molecular complexity index is 1110. The van der Waals surface area contributed by atoms with E-state index in [4.69, 9.17) is 15.2 Å². The molecule has 2 saturated heterocycles. The zero-order valence-corrected chi connectivity index (χ0v) is 17.5. The van der Waals surface area contributed by atoms with Gasteiger partial charge in [-0.05, 0) is 49.9 Å². The summed E-state index contributed by atoms with van der Waals surface area (Å²) in [5.74, 6) is 0.200. The molecule has 0 bridgehead atoms. The summed E-state index contributed by atoms with van der Waals surface area (Å²) in [7, 11) is 0. The summed E-state index contributed by atoms with van der Waals surface area (Å²) in [6.45, 7) is 4.76. The van der Waals surface area contributed by atoms with E-state index in [1.807, 2.05) is 12.1 Å². The second-order valence-electron chi connectivity index (χ2n) is 8.36. The molecule has 3 aromatic rings. The first kappa shape index (κ1) is 20.0. The molecule has 31 heavy (non-hydrogen) atoms. The number of hydrogen-bond donors (Lipinski definition) is 2. The number of fused-ring (bicyclic) bond motifs is 1. The Hall–Kier alpha value is -2.91. The highest BCUT2D eigenvalue weighted by Gasteiger charge is 2.19. The molecule has 9 heteroatoms. The molecule has 2 aliphatic rings. The van der Waals surface area contributed by atoms with Crippen molar-refractivity contribution in [3.05, 3.63) is 45.9 Å². The molecule has 5 rings (SSSR count). The van der Waals surface area contributed by atoms with Crippen LogP contribution >= 0.6 is 0 Å². The van der Waals surface area contributed by atoms with E-state index in [-0.39, 0.29) is 23.6 Å². The number of aromatic nitrogens is 4. The molecule has 3 N–H and O–H groups in total. The highest BCUT2D eigenvalue weighted by Crippen LogP contribution is 2.20. The molecular formula is C22H28N6O3. The highest BCUT2D eigenvalue weighted by atomic mass is 16.5. The lowest BCUT2D eigenvalue weighted by atomic mass is 10.1. The molecule has 0 radical (unpaired) electrons. The Labute approximate surface area is 180 Å². The molecule has 4 heterocycles. The molecule has 1 aromatic carbocycles. The van der Waals surface area contributed by atoms with Crippen LogP contribution in [0.15, 0.2) is 29.1 Å². The number of H-pyrrole nitrogens is 1. The van der Waals surface area contributed by atoms with Gasteiger partial charge in [-0.1, -0.05) is 24.3 Å². The molecule has 9 nitrogen and oxygen atoms in total. The van der Waals surface area contributed by atoms with E-state index >= 15 is 0 Å². The number of benzene rings is 1. The van der Waals surface area contributed by atoms with Crippen molar-refractivity contribution < 1.29 is 9.47 Å². The van der Waals surface area contributed by atoms with Crippen LogP contribution in [0.25, 0.3) is 11.2 Å². The molecule has 0 amide bonds. The fourth-order valence-corrected chi connectivity index (χ4v) is 4.39. The fraction of sp³-hybridized carbons (Fsp3) is 0.500. The Kier molecular flexibility index (Phi) is 5.61. The van der Waals surface area contributed by atoms with Crippen molar-refractivity contribution >= 4 is 17.0 Å². The third-order valence-electron chi connectivity index (χ3n) is 5.99. The van der Waals surface area contributed by atoms with Gasteiger partial charge in [-0.25, -0.2) is 4.79 Å². The lowest BCUT2D eigenvalue weighted by Crippen LogP contribution is -2.20. The van der Waals surface area contributed by atoms with E-state index in [0.29, 0.717) is 24.3 Å². The van der Waals surface area contributed by atoms with Crippen LogP contribution in [0.5, 0.6) is 6.01 Å². The summed E-state index contributed by atoms with van der Waals surface area (Å²) in [5.41, 5.74) is 8.99. The van der Waals surface area contributed by atoms with Crippen LogP contribution in [-0.4, -0.2) is 56.8 Å². The summed E-state index contributed by atoms with van der Waals surface area (Å²) in [5, 5.41) is 0. The van der Waals surface area contributed by atoms with Crippen LogP contribution < -0.4 is 16.2 Å². The van der Waals surface area contributed by atoms with E-state index in [1.54, 1.807) is 4.57 Å². The van der Waals surface area contributed by atoms with Gasteiger partial charge in [-0.2, -0.15) is 9.97 Å². The summed E-state index contributed by atoms with van der Waals surface area (Å²) in [6, 6.07) is 8.52. The Morgan fingerprint density at radius 1 is 1.16 bits per heavy atom. The molecule has 1 unspecified atom stereocenters. The van der Waals surface area contributed by atoms with Crippen molar-refractivity contribution in [1.82, 2.24) is 24.4 Å². The second kappa shape index (κ2) is 8.68. The second-order valence-corrected chi connectivity index (χ2v) is 8.36. The van der Waals surface area contributed by atoms with E-state index in [1.165, 1.54) is 18.4 Å². The van der Waals surface area contributed by atoms with Crippen molar-refractivity contribution in [2.75, 3.05) is 32.0 Å². The maximum Gasteiger partial charge on any atom is 0.328 e. The van der Waals surface area contributed by atoms with Crippen molar-refractivity contribution in [2.24, 2.45) is 0 Å². The highest BCUT2D eigenvalue weighted by molar-refractivity contribution is 5.81. The van der Waals surface area contributed by atoms with E-state index in [2.05, 4.69) is 32.0 Å². The van der Waals surface area contributed by atoms with Crippen LogP contribution in [-0.2, 0) is 17.8 Å². The summed E-state index contributed by atoms with van der Waals surface area (Å²) in [6.07, 6.45) is 4.57. The molecule has 164 valence electrons. The SMILES string of the molecule is Nc1nc(OCC2CCCO2)nc2c1[nH]c(=O)n2Cc1cccc(CN2CCCC2)c1. The lowest BCUT2D eigenvalue weighted by molar-refractivity contribution is 0.0647. The number of nitrogens with two attached hydrogens (primary N) is 1. The molecule has 2 fully saturated rings. The molecule has 0 aliphatic carbocycles. The van der Waals surface area contributed by atoms with Gasteiger partial charge in [0.15, 0.2) is 11.5 Å². The number of nitrogens with zero attached hydrogens (tertiary/aromatic N) is 4. The van der Waals surface area contributed by atoms with Crippen LogP contribution in [0.3, 0.4) is 0 Å². The van der Waals surface area contributed by atoms with Gasteiger partial charge >= 0.3 is 11.7 Å².